The van der Waals surface area contributed by atoms with Crippen molar-refractivity contribution in [2.75, 3.05) is 0 Å². The summed E-state index contributed by atoms with van der Waals surface area (Å²) in [5.41, 5.74) is 3.03. The van der Waals surface area contributed by atoms with Crippen LogP contribution in [0, 0.1) is 5.92 Å². The highest BCUT2D eigenvalue weighted by atomic mass is 79.9. The summed E-state index contributed by atoms with van der Waals surface area (Å²) < 4.78 is 1.29. The molecule has 1 N–H and O–H groups in total. The number of hydrogen-bond donors (Lipinski definition) is 1. The van der Waals surface area contributed by atoms with E-state index in [1.165, 1.54) is 34.9 Å². The summed E-state index contributed by atoms with van der Waals surface area (Å²) in [5.74, 6) is 0.890. The summed E-state index contributed by atoms with van der Waals surface area (Å²) in [6.45, 7) is 2.33. The van der Waals surface area contributed by atoms with Crippen LogP contribution in [-0.2, 0) is 6.42 Å². The number of fused-ring (bicyclic) bond motifs is 1. The fourth-order valence-electron chi connectivity index (χ4n) is 2.60. The molecule has 3 atom stereocenters. The van der Waals surface area contributed by atoms with E-state index in [1.807, 2.05) is 0 Å². The van der Waals surface area contributed by atoms with Crippen LogP contribution in [0.25, 0.3) is 0 Å². The van der Waals surface area contributed by atoms with Crippen LogP contribution in [0.4, 0.5) is 0 Å². The summed E-state index contributed by atoms with van der Waals surface area (Å²) in [5, 5.41) is 3.77. The summed E-state index contributed by atoms with van der Waals surface area (Å²) in [7, 11) is 0. The Balaban J connectivity index is 1.82. The maximum atomic E-state index is 3.77. The highest BCUT2D eigenvalue weighted by molar-refractivity contribution is 9.10. The van der Waals surface area contributed by atoms with Crippen LogP contribution in [0.3, 0.4) is 0 Å². The van der Waals surface area contributed by atoms with E-state index in [4.69, 9.17) is 0 Å². The lowest BCUT2D eigenvalue weighted by Crippen LogP contribution is -2.22. The predicted molar refractivity (Wildman–Crippen MR) is 65.9 cm³/mol. The fraction of sp³-hybridized carbons (Fsp3) is 0.538. The molecule has 3 rings (SSSR count). The van der Waals surface area contributed by atoms with Gasteiger partial charge >= 0.3 is 0 Å². The van der Waals surface area contributed by atoms with Gasteiger partial charge in [-0.1, -0.05) is 35.0 Å². The molecule has 0 aromatic heterocycles. The summed E-state index contributed by atoms with van der Waals surface area (Å²) in [4.78, 5) is 0. The summed E-state index contributed by atoms with van der Waals surface area (Å²) in [6, 6.07) is 7.96. The van der Waals surface area contributed by atoms with Gasteiger partial charge in [0.2, 0.25) is 0 Å². The van der Waals surface area contributed by atoms with Crippen molar-refractivity contribution >= 4 is 15.9 Å². The van der Waals surface area contributed by atoms with Crippen molar-refractivity contribution in [3.8, 4) is 0 Å². The molecule has 0 saturated heterocycles. The third-order valence-electron chi connectivity index (χ3n) is 3.74. The van der Waals surface area contributed by atoms with Gasteiger partial charge in [-0.2, -0.15) is 0 Å². The first-order valence-corrected chi connectivity index (χ1v) is 6.58. The van der Waals surface area contributed by atoms with E-state index < -0.39 is 0 Å². The van der Waals surface area contributed by atoms with Gasteiger partial charge in [0.05, 0.1) is 0 Å². The quantitative estimate of drug-likeness (QED) is 0.864. The van der Waals surface area contributed by atoms with E-state index in [2.05, 4.69) is 46.4 Å². The molecule has 1 fully saturated rings. The first-order chi connectivity index (χ1) is 7.25. The maximum Gasteiger partial charge on any atom is 0.0329 e. The lowest BCUT2D eigenvalue weighted by Gasteiger charge is -2.13. The van der Waals surface area contributed by atoms with Gasteiger partial charge in [-0.25, -0.2) is 0 Å². The molecule has 2 aliphatic rings. The van der Waals surface area contributed by atoms with Crippen molar-refractivity contribution in [3.05, 3.63) is 33.8 Å². The predicted octanol–water partition coefficient (Wildman–Crippen LogP) is 3.43. The van der Waals surface area contributed by atoms with E-state index in [0.29, 0.717) is 6.04 Å². The van der Waals surface area contributed by atoms with E-state index in [-0.39, 0.29) is 0 Å². The molecule has 0 amide bonds. The van der Waals surface area contributed by atoms with Crippen LogP contribution in [0.5, 0.6) is 0 Å². The van der Waals surface area contributed by atoms with Crippen LogP contribution in [0.2, 0.25) is 0 Å². The molecule has 15 heavy (non-hydrogen) atoms. The largest absolute Gasteiger partial charge is 0.307 e. The van der Waals surface area contributed by atoms with Crippen molar-refractivity contribution in [3.63, 3.8) is 0 Å². The molecule has 0 aliphatic heterocycles. The van der Waals surface area contributed by atoms with E-state index in [0.717, 1.165) is 12.0 Å². The molecule has 3 unspecified atom stereocenters. The second-order valence-electron chi connectivity index (χ2n) is 4.89. The lowest BCUT2D eigenvalue weighted by molar-refractivity contribution is 0.513. The molecule has 2 heteroatoms. The monoisotopic (exact) mass is 265 g/mol. The highest BCUT2D eigenvalue weighted by Crippen LogP contribution is 2.39. The minimum absolute atomic E-state index is 0.604. The van der Waals surface area contributed by atoms with Crippen molar-refractivity contribution < 1.29 is 0 Å². The minimum Gasteiger partial charge on any atom is -0.307 e. The van der Waals surface area contributed by atoms with Crippen LogP contribution in [-0.4, -0.2) is 6.04 Å². The number of halogens is 1. The average Bonchev–Trinajstić information content (AvgIpc) is 2.75. The zero-order chi connectivity index (χ0) is 10.4. The molecule has 1 aromatic rings. The number of benzene rings is 1. The van der Waals surface area contributed by atoms with Crippen LogP contribution < -0.4 is 5.32 Å². The Morgan fingerprint density at radius 1 is 1.40 bits per heavy atom. The fourth-order valence-corrected chi connectivity index (χ4v) is 3.18. The van der Waals surface area contributed by atoms with Gasteiger partial charge in [-0.15, -0.1) is 0 Å². The molecule has 0 heterocycles. The molecule has 1 saturated carbocycles. The molecule has 1 nitrogen and oxygen atoms in total. The number of rotatable bonds is 2. The first kappa shape index (κ1) is 9.86. The second kappa shape index (κ2) is 3.60. The Morgan fingerprint density at radius 3 is 2.93 bits per heavy atom. The number of hydrogen-bond acceptors (Lipinski definition) is 1. The Hall–Kier alpha value is -0.340. The molecule has 0 spiro atoms. The van der Waals surface area contributed by atoms with Gasteiger partial charge < -0.3 is 5.32 Å². The third-order valence-corrected chi connectivity index (χ3v) is 4.48. The second-order valence-corrected chi connectivity index (χ2v) is 5.74. The number of nitrogens with one attached hydrogen (secondary N) is 1. The van der Waals surface area contributed by atoms with Crippen molar-refractivity contribution in [1.29, 1.82) is 0 Å². The van der Waals surface area contributed by atoms with Crippen molar-refractivity contribution in [1.82, 2.24) is 5.32 Å². The Kier molecular flexibility index (Phi) is 2.37. The standard InChI is InChI=1S/C13H16BrN/c1-8-7-13(8)15-12-6-5-9-10(12)3-2-4-11(9)14/h2-4,8,12-13,15H,5-7H2,1H3. The molecular weight excluding hydrogens is 250 g/mol. The summed E-state index contributed by atoms with van der Waals surface area (Å²) in [6.07, 6.45) is 3.84. The van der Waals surface area contributed by atoms with Crippen molar-refractivity contribution in [2.45, 2.75) is 38.3 Å². The van der Waals surface area contributed by atoms with Crippen LogP contribution in [0.15, 0.2) is 22.7 Å². The van der Waals surface area contributed by atoms with Gasteiger partial charge in [0.25, 0.3) is 0 Å². The average molecular weight is 266 g/mol. The Bertz CT molecular complexity index is 388. The summed E-state index contributed by atoms with van der Waals surface area (Å²) >= 11 is 3.64. The van der Waals surface area contributed by atoms with Gasteiger partial charge in [0, 0.05) is 16.6 Å². The van der Waals surface area contributed by atoms with Gasteiger partial charge in [-0.05, 0) is 42.4 Å². The first-order valence-electron chi connectivity index (χ1n) is 5.79. The normalized spacial score (nSPS) is 32.8. The molecule has 2 aliphatic carbocycles. The zero-order valence-electron chi connectivity index (χ0n) is 8.96. The van der Waals surface area contributed by atoms with Gasteiger partial charge in [0.1, 0.15) is 0 Å². The van der Waals surface area contributed by atoms with Gasteiger partial charge in [-0.3, -0.25) is 0 Å². The SMILES string of the molecule is CC1CC1NC1CCc2c(Br)cccc21. The van der Waals surface area contributed by atoms with Crippen LogP contribution >= 0.6 is 15.9 Å². The maximum absolute atomic E-state index is 3.77. The molecular formula is C13H16BrN. The van der Waals surface area contributed by atoms with E-state index in [1.54, 1.807) is 0 Å². The van der Waals surface area contributed by atoms with Crippen LogP contribution in [0.1, 0.15) is 36.9 Å². The minimum atomic E-state index is 0.604. The molecule has 0 radical (unpaired) electrons. The topological polar surface area (TPSA) is 12.0 Å². The van der Waals surface area contributed by atoms with E-state index in [9.17, 15) is 0 Å². The van der Waals surface area contributed by atoms with E-state index >= 15 is 0 Å². The van der Waals surface area contributed by atoms with Gasteiger partial charge in [0.15, 0.2) is 0 Å². The van der Waals surface area contributed by atoms with Crippen molar-refractivity contribution in [2.24, 2.45) is 5.92 Å². The zero-order valence-corrected chi connectivity index (χ0v) is 10.5. The molecule has 80 valence electrons. The Morgan fingerprint density at radius 2 is 2.20 bits per heavy atom. The molecule has 0 bridgehead atoms. The molecule has 1 aromatic carbocycles. The highest BCUT2D eigenvalue weighted by Gasteiger charge is 2.36. The lowest BCUT2D eigenvalue weighted by atomic mass is 10.1. The third kappa shape index (κ3) is 1.74. The smallest absolute Gasteiger partial charge is 0.0329 e. The Labute approximate surface area is 99.4 Å².